The van der Waals surface area contributed by atoms with E-state index in [9.17, 15) is 14.4 Å². The maximum absolute atomic E-state index is 12.3. The van der Waals surface area contributed by atoms with Crippen molar-refractivity contribution in [3.05, 3.63) is 98.8 Å². The Hall–Kier alpha value is -3.48. The maximum Gasteiger partial charge on any atom is 0.271 e. The smallest absolute Gasteiger partial charge is 0.271 e. The first-order chi connectivity index (χ1) is 13.6. The zero-order chi connectivity index (χ0) is 19.8. The van der Waals surface area contributed by atoms with Crippen LogP contribution in [0.3, 0.4) is 0 Å². The number of hydrogen-bond donors (Lipinski definition) is 1. The van der Waals surface area contributed by atoms with Crippen molar-refractivity contribution < 1.29 is 4.79 Å². The monoisotopic (exact) mass is 378 g/mol. The second-order valence-electron chi connectivity index (χ2n) is 6.40. The topological polar surface area (TPSA) is 86.0 Å². The number of carbonyl (C=O) groups is 1. The predicted molar refractivity (Wildman–Crippen MR) is 106 cm³/mol. The fourth-order valence-electron chi connectivity index (χ4n) is 2.78. The van der Waals surface area contributed by atoms with Crippen LogP contribution in [0.4, 0.5) is 0 Å². The summed E-state index contributed by atoms with van der Waals surface area (Å²) in [6, 6.07) is 17.3. The summed E-state index contributed by atoms with van der Waals surface area (Å²) in [5.74, 6) is -0.321. The number of nitrogens with zero attached hydrogens (tertiary/aromatic N) is 3. The lowest BCUT2D eigenvalue weighted by atomic mass is 10.2. The zero-order valence-electron chi connectivity index (χ0n) is 15.5. The number of aromatic nitrogens is 3. The van der Waals surface area contributed by atoms with E-state index in [4.69, 9.17) is 0 Å². The van der Waals surface area contributed by atoms with Crippen LogP contribution in [-0.4, -0.2) is 26.8 Å². The molecule has 0 aliphatic carbocycles. The molecule has 0 unspecified atom stereocenters. The molecule has 0 fully saturated rings. The summed E-state index contributed by atoms with van der Waals surface area (Å²) in [5.41, 5.74) is 0.853. The molecule has 0 aliphatic rings. The van der Waals surface area contributed by atoms with Gasteiger partial charge in [-0.3, -0.25) is 14.4 Å². The number of pyridine rings is 1. The van der Waals surface area contributed by atoms with Crippen LogP contribution < -0.4 is 16.4 Å². The lowest BCUT2D eigenvalue weighted by Gasteiger charge is -2.08. The molecular formula is C21H22N4O3. The molecule has 0 radical (unpaired) electrons. The summed E-state index contributed by atoms with van der Waals surface area (Å²) in [7, 11) is 0. The number of aryl methyl sites for hydroxylation is 1. The molecule has 0 bridgehead atoms. The molecule has 0 spiro atoms. The number of unbranched alkanes of at least 4 members (excludes halogenated alkanes) is 1. The first kappa shape index (κ1) is 19.3. The average Bonchev–Trinajstić information content (AvgIpc) is 2.71. The van der Waals surface area contributed by atoms with Gasteiger partial charge >= 0.3 is 0 Å². The molecule has 3 aromatic rings. The van der Waals surface area contributed by atoms with Crippen LogP contribution in [0.1, 0.15) is 28.9 Å². The molecule has 28 heavy (non-hydrogen) atoms. The fourth-order valence-corrected chi connectivity index (χ4v) is 2.78. The number of amides is 1. The molecule has 1 amide bonds. The Kier molecular flexibility index (Phi) is 6.51. The van der Waals surface area contributed by atoms with E-state index in [2.05, 4.69) is 10.4 Å². The number of benzene rings is 1. The minimum Gasteiger partial charge on any atom is -0.351 e. The van der Waals surface area contributed by atoms with E-state index in [0.29, 0.717) is 19.6 Å². The number of nitrogens with one attached hydrogen (secondary N) is 1. The van der Waals surface area contributed by atoms with Gasteiger partial charge in [-0.15, -0.1) is 0 Å². The van der Waals surface area contributed by atoms with Gasteiger partial charge in [-0.25, -0.2) is 4.68 Å². The van der Waals surface area contributed by atoms with E-state index in [-0.39, 0.29) is 22.7 Å². The Labute approximate surface area is 162 Å². The highest BCUT2D eigenvalue weighted by Gasteiger charge is 2.09. The van der Waals surface area contributed by atoms with E-state index < -0.39 is 0 Å². The van der Waals surface area contributed by atoms with E-state index in [1.807, 2.05) is 36.4 Å². The van der Waals surface area contributed by atoms with Gasteiger partial charge in [0.1, 0.15) is 5.69 Å². The SMILES string of the molecule is O=C(NCCCCn1ccccc1=O)c1ccc(=O)n(Cc2ccccc2)n1. The quantitative estimate of drug-likeness (QED) is 0.604. The third-order valence-corrected chi connectivity index (χ3v) is 4.28. The maximum atomic E-state index is 12.3. The van der Waals surface area contributed by atoms with Crippen molar-refractivity contribution in [3.8, 4) is 0 Å². The van der Waals surface area contributed by atoms with Crippen LogP contribution in [0.15, 0.2) is 76.4 Å². The molecule has 2 heterocycles. The van der Waals surface area contributed by atoms with Crippen molar-refractivity contribution in [2.45, 2.75) is 25.9 Å². The molecular weight excluding hydrogens is 356 g/mol. The average molecular weight is 378 g/mol. The van der Waals surface area contributed by atoms with Gasteiger partial charge in [-0.1, -0.05) is 36.4 Å². The zero-order valence-corrected chi connectivity index (χ0v) is 15.5. The molecule has 7 nitrogen and oxygen atoms in total. The van der Waals surface area contributed by atoms with Crippen molar-refractivity contribution in [3.63, 3.8) is 0 Å². The third kappa shape index (κ3) is 5.26. The Bertz CT molecular complexity index is 1040. The lowest BCUT2D eigenvalue weighted by Crippen LogP contribution is -2.30. The van der Waals surface area contributed by atoms with Gasteiger partial charge in [0.25, 0.3) is 11.5 Å². The lowest BCUT2D eigenvalue weighted by molar-refractivity contribution is 0.0945. The summed E-state index contributed by atoms with van der Waals surface area (Å²) >= 11 is 0. The van der Waals surface area contributed by atoms with Gasteiger partial charge in [-0.2, -0.15) is 5.10 Å². The van der Waals surface area contributed by atoms with Gasteiger partial charge in [0.15, 0.2) is 0 Å². The van der Waals surface area contributed by atoms with Crippen LogP contribution in [0, 0.1) is 0 Å². The Balaban J connectivity index is 1.51. The van der Waals surface area contributed by atoms with Gasteiger partial charge in [0.2, 0.25) is 5.56 Å². The van der Waals surface area contributed by atoms with Crippen molar-refractivity contribution >= 4 is 5.91 Å². The van der Waals surface area contributed by atoms with Crippen molar-refractivity contribution in [2.75, 3.05) is 6.54 Å². The highest BCUT2D eigenvalue weighted by atomic mass is 16.2. The Morgan fingerprint density at radius 3 is 2.46 bits per heavy atom. The first-order valence-electron chi connectivity index (χ1n) is 9.19. The highest BCUT2D eigenvalue weighted by Crippen LogP contribution is 2.00. The van der Waals surface area contributed by atoms with E-state index in [0.717, 1.165) is 18.4 Å². The Morgan fingerprint density at radius 2 is 1.68 bits per heavy atom. The molecule has 0 saturated heterocycles. The van der Waals surface area contributed by atoms with Crippen LogP contribution >= 0.6 is 0 Å². The standard InChI is InChI=1S/C21H22N4O3/c26-19-10-4-6-14-24(19)15-7-5-13-22-21(28)18-11-12-20(27)25(23-18)16-17-8-2-1-3-9-17/h1-4,6,8-12,14H,5,7,13,15-16H2,(H,22,28). The van der Waals surface area contributed by atoms with E-state index >= 15 is 0 Å². The van der Waals surface area contributed by atoms with Gasteiger partial charge in [0.05, 0.1) is 6.54 Å². The van der Waals surface area contributed by atoms with Crippen molar-refractivity contribution in [2.24, 2.45) is 0 Å². The van der Waals surface area contributed by atoms with E-state index in [1.54, 1.807) is 16.8 Å². The Morgan fingerprint density at radius 1 is 0.893 bits per heavy atom. The minimum absolute atomic E-state index is 0.0311. The largest absolute Gasteiger partial charge is 0.351 e. The molecule has 144 valence electrons. The molecule has 0 atom stereocenters. The molecule has 0 saturated carbocycles. The van der Waals surface area contributed by atoms with Crippen LogP contribution in [-0.2, 0) is 13.1 Å². The van der Waals surface area contributed by atoms with Crippen molar-refractivity contribution in [1.29, 1.82) is 0 Å². The van der Waals surface area contributed by atoms with Crippen LogP contribution in [0.25, 0.3) is 0 Å². The van der Waals surface area contributed by atoms with Crippen molar-refractivity contribution in [1.82, 2.24) is 19.7 Å². The molecule has 0 aliphatic heterocycles. The first-order valence-corrected chi connectivity index (χ1v) is 9.19. The molecule has 2 aromatic heterocycles. The summed E-state index contributed by atoms with van der Waals surface area (Å²) in [6.07, 6.45) is 3.25. The molecule has 1 N–H and O–H groups in total. The van der Waals surface area contributed by atoms with Gasteiger partial charge in [-0.05, 0) is 30.5 Å². The summed E-state index contributed by atoms with van der Waals surface area (Å²) < 4.78 is 2.93. The van der Waals surface area contributed by atoms with Crippen LogP contribution in [0.2, 0.25) is 0 Å². The van der Waals surface area contributed by atoms with Gasteiger partial charge in [0, 0.05) is 31.4 Å². The summed E-state index contributed by atoms with van der Waals surface area (Å²) in [4.78, 5) is 35.9. The second-order valence-corrected chi connectivity index (χ2v) is 6.40. The highest BCUT2D eigenvalue weighted by molar-refractivity contribution is 5.91. The normalized spacial score (nSPS) is 10.6. The predicted octanol–water partition coefficient (Wildman–Crippen LogP) is 1.66. The fraction of sp³-hybridized carbons (Fsp3) is 0.238. The number of hydrogen-bond acceptors (Lipinski definition) is 4. The minimum atomic E-state index is -0.321. The summed E-state index contributed by atoms with van der Waals surface area (Å²) in [6.45, 7) is 1.39. The van der Waals surface area contributed by atoms with Gasteiger partial charge < -0.3 is 9.88 Å². The van der Waals surface area contributed by atoms with E-state index in [1.165, 1.54) is 22.9 Å². The molecule has 7 heteroatoms. The summed E-state index contributed by atoms with van der Waals surface area (Å²) in [5, 5.41) is 6.98. The number of carbonyl (C=O) groups excluding carboxylic acids is 1. The molecule has 1 aromatic carbocycles. The van der Waals surface area contributed by atoms with Crippen LogP contribution in [0.5, 0.6) is 0 Å². The number of rotatable bonds is 8. The third-order valence-electron chi connectivity index (χ3n) is 4.28. The second kappa shape index (κ2) is 9.45. The molecule has 3 rings (SSSR count).